The van der Waals surface area contributed by atoms with Gasteiger partial charge in [-0.1, -0.05) is 18.2 Å². The van der Waals surface area contributed by atoms with E-state index in [1.54, 1.807) is 0 Å². The van der Waals surface area contributed by atoms with Crippen LogP contribution in [-0.4, -0.2) is 15.0 Å². The van der Waals surface area contributed by atoms with Crippen molar-refractivity contribution in [2.24, 2.45) is 5.73 Å². The molecule has 0 unspecified atom stereocenters. The highest BCUT2D eigenvalue weighted by Crippen LogP contribution is 2.27. The average Bonchev–Trinajstić information content (AvgIpc) is 2.81. The number of H-pyrrole nitrogens is 1. The van der Waals surface area contributed by atoms with Crippen LogP contribution < -0.4 is 5.73 Å². The number of para-hydroxylation sites is 1. The van der Waals surface area contributed by atoms with Crippen LogP contribution in [0, 0.1) is 6.92 Å². The van der Waals surface area contributed by atoms with Crippen LogP contribution in [0.4, 0.5) is 0 Å². The minimum absolute atomic E-state index is 0.429. The first-order valence-electron chi connectivity index (χ1n) is 5.89. The number of rotatable bonds is 2. The second kappa shape index (κ2) is 4.23. The number of benzene rings is 1. The molecule has 0 aliphatic carbocycles. The van der Waals surface area contributed by atoms with Gasteiger partial charge in [-0.05, 0) is 19.1 Å². The van der Waals surface area contributed by atoms with E-state index in [1.807, 2.05) is 31.3 Å². The van der Waals surface area contributed by atoms with Crippen molar-refractivity contribution in [3.05, 3.63) is 48.0 Å². The van der Waals surface area contributed by atoms with Crippen LogP contribution in [0.5, 0.6) is 0 Å². The number of hydrogen-bond donors (Lipinski definition) is 2. The lowest BCUT2D eigenvalue weighted by Crippen LogP contribution is -2.03. The summed E-state index contributed by atoms with van der Waals surface area (Å²) in [6, 6.07) is 10.1. The van der Waals surface area contributed by atoms with Crippen LogP contribution in [0.2, 0.25) is 0 Å². The zero-order valence-electron chi connectivity index (χ0n) is 10.1. The first kappa shape index (κ1) is 10.9. The molecule has 90 valence electrons. The van der Waals surface area contributed by atoms with E-state index in [0.29, 0.717) is 6.54 Å². The molecule has 0 aliphatic heterocycles. The molecule has 3 N–H and O–H groups in total. The molecule has 2 heterocycles. The highest BCUT2D eigenvalue weighted by Gasteiger charge is 2.08. The Morgan fingerprint density at radius 3 is 2.89 bits per heavy atom. The summed E-state index contributed by atoms with van der Waals surface area (Å²) in [5.74, 6) is 0.748. The van der Waals surface area contributed by atoms with E-state index in [1.165, 1.54) is 5.39 Å². The van der Waals surface area contributed by atoms with Gasteiger partial charge >= 0.3 is 0 Å². The first-order valence-corrected chi connectivity index (χ1v) is 5.89. The Labute approximate surface area is 105 Å². The fourth-order valence-electron chi connectivity index (χ4n) is 2.16. The van der Waals surface area contributed by atoms with Gasteiger partial charge in [0.1, 0.15) is 5.82 Å². The van der Waals surface area contributed by atoms with Gasteiger partial charge in [-0.25, -0.2) is 9.97 Å². The van der Waals surface area contributed by atoms with Crippen molar-refractivity contribution in [1.82, 2.24) is 15.0 Å². The predicted molar refractivity (Wildman–Crippen MR) is 72.0 cm³/mol. The Morgan fingerprint density at radius 2 is 2.06 bits per heavy atom. The van der Waals surface area contributed by atoms with Crippen LogP contribution in [0.25, 0.3) is 22.2 Å². The fraction of sp³-hybridized carbons (Fsp3) is 0.143. The third-order valence-electron chi connectivity index (χ3n) is 2.97. The Morgan fingerprint density at radius 1 is 1.22 bits per heavy atom. The first-order chi connectivity index (χ1) is 8.78. The second-order valence-corrected chi connectivity index (χ2v) is 4.24. The summed E-state index contributed by atoms with van der Waals surface area (Å²) in [6.07, 6.45) is 1.98. The van der Waals surface area contributed by atoms with Crippen molar-refractivity contribution >= 4 is 10.9 Å². The van der Waals surface area contributed by atoms with E-state index in [9.17, 15) is 0 Å². The number of nitrogens with zero attached hydrogens (tertiary/aromatic N) is 2. The third-order valence-corrected chi connectivity index (χ3v) is 2.97. The van der Waals surface area contributed by atoms with Crippen molar-refractivity contribution in [1.29, 1.82) is 0 Å². The Kier molecular flexibility index (Phi) is 2.57. The monoisotopic (exact) mass is 238 g/mol. The minimum Gasteiger partial charge on any atom is -0.360 e. The quantitative estimate of drug-likeness (QED) is 0.720. The number of nitrogens with one attached hydrogen (secondary N) is 1. The predicted octanol–water partition coefficient (Wildman–Crippen LogP) is 2.39. The van der Waals surface area contributed by atoms with E-state index < -0.39 is 0 Å². The average molecular weight is 238 g/mol. The van der Waals surface area contributed by atoms with Crippen molar-refractivity contribution < 1.29 is 0 Å². The SMILES string of the molecule is Cc1nc(CN)cc(-c2c[nH]c3ccccc23)n1. The van der Waals surface area contributed by atoms with E-state index in [0.717, 1.165) is 28.3 Å². The van der Waals surface area contributed by atoms with Gasteiger partial charge in [-0.2, -0.15) is 0 Å². The smallest absolute Gasteiger partial charge is 0.126 e. The topological polar surface area (TPSA) is 67.6 Å². The standard InChI is InChI=1S/C14H14N4/c1-9-17-10(7-15)6-14(18-9)12-8-16-13-5-3-2-4-11(12)13/h2-6,8,16H,7,15H2,1H3. The molecule has 0 aliphatic rings. The molecule has 0 saturated carbocycles. The summed E-state index contributed by atoms with van der Waals surface area (Å²) in [5, 5.41) is 1.17. The molecular weight excluding hydrogens is 224 g/mol. The van der Waals surface area contributed by atoms with Gasteiger partial charge < -0.3 is 10.7 Å². The van der Waals surface area contributed by atoms with E-state index in [-0.39, 0.29) is 0 Å². The van der Waals surface area contributed by atoms with Crippen LogP contribution in [0.15, 0.2) is 36.5 Å². The molecule has 0 amide bonds. The normalized spacial score (nSPS) is 11.0. The summed E-state index contributed by atoms with van der Waals surface area (Å²) < 4.78 is 0. The van der Waals surface area contributed by atoms with Crippen molar-refractivity contribution in [2.45, 2.75) is 13.5 Å². The summed E-state index contributed by atoms with van der Waals surface area (Å²) in [5.41, 5.74) is 9.63. The van der Waals surface area contributed by atoms with E-state index >= 15 is 0 Å². The van der Waals surface area contributed by atoms with Crippen molar-refractivity contribution in [3.8, 4) is 11.3 Å². The molecule has 0 saturated heterocycles. The molecule has 18 heavy (non-hydrogen) atoms. The van der Waals surface area contributed by atoms with Crippen LogP contribution >= 0.6 is 0 Å². The molecule has 0 spiro atoms. The molecule has 2 aromatic heterocycles. The van der Waals surface area contributed by atoms with Gasteiger partial charge in [0.2, 0.25) is 0 Å². The molecule has 0 bridgehead atoms. The number of aryl methyl sites for hydroxylation is 1. The number of aromatic amines is 1. The summed E-state index contributed by atoms with van der Waals surface area (Å²) in [7, 11) is 0. The molecule has 3 rings (SSSR count). The molecule has 1 aromatic carbocycles. The minimum atomic E-state index is 0.429. The lowest BCUT2D eigenvalue weighted by Gasteiger charge is -2.03. The van der Waals surface area contributed by atoms with E-state index in [2.05, 4.69) is 27.1 Å². The van der Waals surface area contributed by atoms with Crippen molar-refractivity contribution in [2.75, 3.05) is 0 Å². The molecule has 0 radical (unpaired) electrons. The summed E-state index contributed by atoms with van der Waals surface area (Å²) >= 11 is 0. The zero-order chi connectivity index (χ0) is 12.5. The molecule has 4 heteroatoms. The number of fused-ring (bicyclic) bond motifs is 1. The van der Waals surface area contributed by atoms with Gasteiger partial charge in [0.15, 0.2) is 0 Å². The molecule has 0 fully saturated rings. The Hall–Kier alpha value is -2.20. The lowest BCUT2D eigenvalue weighted by molar-refractivity contribution is 0.930. The maximum atomic E-state index is 5.66. The maximum absolute atomic E-state index is 5.66. The van der Waals surface area contributed by atoms with Gasteiger partial charge in [0.05, 0.1) is 11.4 Å². The number of nitrogens with two attached hydrogens (primary N) is 1. The van der Waals surface area contributed by atoms with Crippen LogP contribution in [0.1, 0.15) is 11.5 Å². The van der Waals surface area contributed by atoms with Gasteiger partial charge in [0, 0.05) is 29.2 Å². The van der Waals surface area contributed by atoms with Gasteiger partial charge in [-0.3, -0.25) is 0 Å². The molecule has 4 nitrogen and oxygen atoms in total. The highest BCUT2D eigenvalue weighted by atomic mass is 14.9. The van der Waals surface area contributed by atoms with Gasteiger partial charge in [0.25, 0.3) is 0 Å². The number of aromatic nitrogens is 3. The number of hydrogen-bond acceptors (Lipinski definition) is 3. The Bertz CT molecular complexity index is 700. The molecule has 0 atom stereocenters. The van der Waals surface area contributed by atoms with E-state index in [4.69, 9.17) is 5.73 Å². The van der Waals surface area contributed by atoms with Crippen molar-refractivity contribution in [3.63, 3.8) is 0 Å². The summed E-state index contributed by atoms with van der Waals surface area (Å²) in [4.78, 5) is 12.0. The largest absolute Gasteiger partial charge is 0.360 e. The van der Waals surface area contributed by atoms with Crippen LogP contribution in [0.3, 0.4) is 0 Å². The second-order valence-electron chi connectivity index (χ2n) is 4.24. The van der Waals surface area contributed by atoms with Gasteiger partial charge in [-0.15, -0.1) is 0 Å². The van der Waals surface area contributed by atoms with Crippen LogP contribution in [-0.2, 0) is 6.54 Å². The third kappa shape index (κ3) is 1.76. The lowest BCUT2D eigenvalue weighted by atomic mass is 10.1. The Balaban J connectivity index is 2.22. The molecule has 3 aromatic rings. The summed E-state index contributed by atoms with van der Waals surface area (Å²) in [6.45, 7) is 2.32. The zero-order valence-corrected chi connectivity index (χ0v) is 10.1. The molecular formula is C14H14N4. The maximum Gasteiger partial charge on any atom is 0.126 e. The fourth-order valence-corrected chi connectivity index (χ4v) is 2.16. The highest BCUT2D eigenvalue weighted by molar-refractivity contribution is 5.94.